The molecular formula is C8H10ClN3O2. The van der Waals surface area contributed by atoms with Crippen LogP contribution in [0.3, 0.4) is 0 Å². The van der Waals surface area contributed by atoms with Crippen LogP contribution >= 0.6 is 11.6 Å². The monoisotopic (exact) mass is 215 g/mol. The van der Waals surface area contributed by atoms with E-state index in [9.17, 15) is 10.1 Å². The number of aromatic nitrogens is 2. The predicted molar refractivity (Wildman–Crippen MR) is 52.5 cm³/mol. The fourth-order valence-electron chi connectivity index (χ4n) is 1.12. The molecule has 1 aromatic rings. The summed E-state index contributed by atoms with van der Waals surface area (Å²) in [7, 11) is 0. The Hall–Kier alpha value is -1.23. The van der Waals surface area contributed by atoms with Crippen LogP contribution in [0.15, 0.2) is 0 Å². The van der Waals surface area contributed by atoms with Crippen LogP contribution in [0.25, 0.3) is 0 Å². The van der Waals surface area contributed by atoms with Crippen LogP contribution in [0, 0.1) is 17.0 Å². The molecule has 1 aromatic heterocycles. The van der Waals surface area contributed by atoms with Crippen LogP contribution < -0.4 is 0 Å². The highest BCUT2D eigenvalue weighted by Crippen LogP contribution is 2.30. The first-order valence-corrected chi connectivity index (χ1v) is 4.49. The molecule has 0 spiro atoms. The Morgan fingerprint density at radius 1 is 1.43 bits per heavy atom. The lowest BCUT2D eigenvalue weighted by molar-refractivity contribution is -0.386. The quantitative estimate of drug-likeness (QED) is 0.432. The smallest absolute Gasteiger partial charge is 0.258 e. The van der Waals surface area contributed by atoms with E-state index in [1.165, 1.54) is 0 Å². The van der Waals surface area contributed by atoms with E-state index in [0.717, 1.165) is 0 Å². The Kier molecular flexibility index (Phi) is 3.00. The third kappa shape index (κ3) is 1.98. The van der Waals surface area contributed by atoms with E-state index in [1.807, 2.05) is 13.8 Å². The largest absolute Gasteiger partial charge is 0.328 e. The minimum atomic E-state index is -0.545. The van der Waals surface area contributed by atoms with Crippen LogP contribution in [-0.4, -0.2) is 14.9 Å². The Morgan fingerprint density at radius 2 is 2.00 bits per heavy atom. The van der Waals surface area contributed by atoms with Gasteiger partial charge in [-0.1, -0.05) is 25.4 Å². The Balaban J connectivity index is 3.44. The van der Waals surface area contributed by atoms with Crippen molar-refractivity contribution in [2.24, 2.45) is 0 Å². The highest BCUT2D eigenvalue weighted by Gasteiger charge is 2.24. The number of nitrogens with zero attached hydrogens (tertiary/aromatic N) is 3. The molecule has 0 aliphatic carbocycles. The molecule has 0 amide bonds. The molecule has 0 atom stereocenters. The number of hydrogen-bond acceptors (Lipinski definition) is 4. The van der Waals surface area contributed by atoms with Crippen molar-refractivity contribution in [3.05, 3.63) is 26.8 Å². The van der Waals surface area contributed by atoms with Crippen molar-refractivity contribution in [3.8, 4) is 0 Å². The van der Waals surface area contributed by atoms with Gasteiger partial charge in [0.1, 0.15) is 11.5 Å². The van der Waals surface area contributed by atoms with Crippen LogP contribution in [0.1, 0.15) is 31.3 Å². The van der Waals surface area contributed by atoms with Crippen LogP contribution in [0.4, 0.5) is 5.69 Å². The number of hydrogen-bond donors (Lipinski definition) is 0. The zero-order valence-corrected chi connectivity index (χ0v) is 8.87. The summed E-state index contributed by atoms with van der Waals surface area (Å²) < 4.78 is 0. The van der Waals surface area contributed by atoms with Crippen molar-refractivity contribution in [3.63, 3.8) is 0 Å². The molecular weight excluding hydrogens is 206 g/mol. The van der Waals surface area contributed by atoms with Crippen LogP contribution in [0.2, 0.25) is 5.15 Å². The molecule has 76 valence electrons. The van der Waals surface area contributed by atoms with Gasteiger partial charge in [0, 0.05) is 5.92 Å². The van der Waals surface area contributed by atoms with Gasteiger partial charge in [0.2, 0.25) is 5.15 Å². The number of halogens is 1. The molecule has 0 aliphatic heterocycles. The summed E-state index contributed by atoms with van der Waals surface area (Å²) in [5.41, 5.74) is 0.194. The minimum Gasteiger partial charge on any atom is -0.258 e. The Labute approximate surface area is 86.3 Å². The third-order valence-electron chi connectivity index (χ3n) is 1.71. The van der Waals surface area contributed by atoms with Crippen molar-refractivity contribution in [2.45, 2.75) is 26.7 Å². The van der Waals surface area contributed by atoms with Crippen molar-refractivity contribution in [2.75, 3.05) is 0 Å². The maximum absolute atomic E-state index is 10.7. The van der Waals surface area contributed by atoms with Gasteiger partial charge in [-0.05, 0) is 6.92 Å². The van der Waals surface area contributed by atoms with E-state index in [1.54, 1.807) is 6.92 Å². The average molecular weight is 216 g/mol. The van der Waals surface area contributed by atoms with Crippen molar-refractivity contribution >= 4 is 17.3 Å². The van der Waals surface area contributed by atoms with Gasteiger partial charge in [0.15, 0.2) is 0 Å². The van der Waals surface area contributed by atoms with Gasteiger partial charge < -0.3 is 0 Å². The van der Waals surface area contributed by atoms with E-state index in [2.05, 4.69) is 9.97 Å². The van der Waals surface area contributed by atoms with E-state index in [-0.39, 0.29) is 16.8 Å². The molecule has 0 N–H and O–H groups in total. The molecule has 0 aromatic carbocycles. The zero-order chi connectivity index (χ0) is 10.9. The lowest BCUT2D eigenvalue weighted by Gasteiger charge is -2.06. The van der Waals surface area contributed by atoms with Crippen molar-refractivity contribution < 1.29 is 4.92 Å². The van der Waals surface area contributed by atoms with Gasteiger partial charge in [-0.3, -0.25) is 10.1 Å². The first-order chi connectivity index (χ1) is 6.43. The minimum absolute atomic E-state index is 0.0467. The molecule has 0 bridgehead atoms. The summed E-state index contributed by atoms with van der Waals surface area (Å²) in [4.78, 5) is 17.9. The van der Waals surface area contributed by atoms with Crippen molar-refractivity contribution in [1.29, 1.82) is 0 Å². The third-order valence-corrected chi connectivity index (χ3v) is 1.97. The molecule has 0 aliphatic rings. The summed E-state index contributed by atoms with van der Waals surface area (Å²) in [6.45, 7) is 5.30. The molecule has 0 saturated heterocycles. The van der Waals surface area contributed by atoms with Gasteiger partial charge in [0.25, 0.3) is 0 Å². The van der Waals surface area contributed by atoms with Gasteiger partial charge >= 0.3 is 5.69 Å². The molecule has 0 unspecified atom stereocenters. The molecule has 14 heavy (non-hydrogen) atoms. The summed E-state index contributed by atoms with van der Waals surface area (Å²) in [6, 6.07) is 0. The predicted octanol–water partition coefficient (Wildman–Crippen LogP) is 2.47. The molecule has 0 fully saturated rings. The second-order valence-corrected chi connectivity index (χ2v) is 3.57. The van der Waals surface area contributed by atoms with Gasteiger partial charge in [-0.2, -0.15) is 0 Å². The first kappa shape index (κ1) is 10.8. The number of nitro groups is 1. The first-order valence-electron chi connectivity index (χ1n) is 4.12. The van der Waals surface area contributed by atoms with Crippen LogP contribution in [0.5, 0.6) is 0 Å². The molecule has 6 heteroatoms. The summed E-state index contributed by atoms with van der Waals surface area (Å²) >= 11 is 5.68. The molecule has 5 nitrogen and oxygen atoms in total. The number of rotatable bonds is 2. The summed E-state index contributed by atoms with van der Waals surface area (Å²) in [5.74, 6) is 0.402. The topological polar surface area (TPSA) is 68.9 Å². The summed E-state index contributed by atoms with van der Waals surface area (Å²) in [5, 5.41) is 10.6. The highest BCUT2D eigenvalue weighted by atomic mass is 35.5. The second-order valence-electron chi connectivity index (χ2n) is 3.21. The fraction of sp³-hybridized carbons (Fsp3) is 0.500. The maximum Gasteiger partial charge on any atom is 0.328 e. The highest BCUT2D eigenvalue weighted by molar-refractivity contribution is 6.31. The van der Waals surface area contributed by atoms with E-state index in [0.29, 0.717) is 11.5 Å². The summed E-state index contributed by atoms with van der Waals surface area (Å²) in [6.07, 6.45) is 0. The van der Waals surface area contributed by atoms with E-state index in [4.69, 9.17) is 11.6 Å². The second kappa shape index (κ2) is 3.88. The lowest BCUT2D eigenvalue weighted by atomic mass is 10.1. The Morgan fingerprint density at radius 3 is 2.43 bits per heavy atom. The molecule has 1 rings (SSSR count). The van der Waals surface area contributed by atoms with Gasteiger partial charge in [-0.15, -0.1) is 0 Å². The van der Waals surface area contributed by atoms with E-state index >= 15 is 0 Å². The lowest BCUT2D eigenvalue weighted by Crippen LogP contribution is -2.05. The van der Waals surface area contributed by atoms with Gasteiger partial charge in [-0.25, -0.2) is 9.97 Å². The van der Waals surface area contributed by atoms with Crippen molar-refractivity contribution in [1.82, 2.24) is 9.97 Å². The average Bonchev–Trinajstić information content (AvgIpc) is 2.01. The van der Waals surface area contributed by atoms with E-state index < -0.39 is 4.92 Å². The molecule has 0 saturated carbocycles. The maximum atomic E-state index is 10.7. The number of aryl methyl sites for hydroxylation is 1. The fourth-order valence-corrected chi connectivity index (χ4v) is 1.41. The molecule has 0 radical (unpaired) electrons. The van der Waals surface area contributed by atoms with Crippen LogP contribution in [-0.2, 0) is 0 Å². The standard InChI is InChI=1S/C8H10ClN3O2/c1-4(2)6-7(12(13)14)8(9)11-5(3)10-6/h4H,1-3H3. The SMILES string of the molecule is Cc1nc(Cl)c([N+](=O)[O-])c(C(C)C)n1. The molecule has 1 heterocycles. The van der Waals surface area contributed by atoms with Gasteiger partial charge in [0.05, 0.1) is 4.92 Å². The Bertz CT molecular complexity index is 379. The zero-order valence-electron chi connectivity index (χ0n) is 8.11. The normalized spacial score (nSPS) is 10.6.